The van der Waals surface area contributed by atoms with E-state index >= 15 is 0 Å². The summed E-state index contributed by atoms with van der Waals surface area (Å²) in [5.41, 5.74) is 0. The maximum Gasteiger partial charge on any atom is -0.00297 e. The van der Waals surface area contributed by atoms with Crippen LogP contribution in [-0.4, -0.2) is 0 Å². The lowest BCUT2D eigenvalue weighted by molar-refractivity contribution is 1.91. The average Bonchev–Trinajstić information content (AvgIpc) is 0.918. The molecule has 0 amide bonds. The molecule has 0 saturated heterocycles. The van der Waals surface area contributed by atoms with E-state index in [1.165, 1.54) is 0 Å². The molecule has 4 N–H and O–H groups in total. The molecule has 0 aliphatic rings. The summed E-state index contributed by atoms with van der Waals surface area (Å²) in [5.74, 6) is 0. The summed E-state index contributed by atoms with van der Waals surface area (Å²) in [6.07, 6.45) is 0. The van der Waals surface area contributed by atoms with Crippen molar-refractivity contribution in [3.63, 3.8) is 0 Å². The second-order valence-corrected chi connectivity index (χ2v) is 0.408. The lowest BCUT2D eigenvalue weighted by atomic mass is 13.9. The normalized spacial score (nSPS) is 4.50. The van der Waals surface area contributed by atoms with Crippen LogP contribution in [0.5, 0.6) is 0 Å². The van der Waals surface area contributed by atoms with Gasteiger partial charge in [-0.3, -0.25) is 10.3 Å². The summed E-state index contributed by atoms with van der Waals surface area (Å²) in [6.45, 7) is 0. The third-order valence-corrected chi connectivity index (χ3v) is 0. The molecule has 4 heteroatoms. The van der Waals surface area contributed by atoms with Crippen LogP contribution in [0.15, 0.2) is 0 Å². The summed E-state index contributed by atoms with van der Waals surface area (Å²) in [5, 5.41) is 9.08. The summed E-state index contributed by atoms with van der Waals surface area (Å²) in [7, 11) is 0. The highest BCUT2D eigenvalue weighted by Gasteiger charge is 1.29. The topological polar surface area (TPSA) is 52.0 Å². The van der Waals surface area contributed by atoms with Gasteiger partial charge in [-0.05, 0) is 12.1 Å². The SMILES string of the molecule is NSN.P. The zero-order valence-corrected chi connectivity index (χ0v) is 4.50. The predicted octanol–water partition coefficient (Wildman–Crippen LogP) is -0.475. The van der Waals surface area contributed by atoms with E-state index in [1.807, 2.05) is 0 Å². The van der Waals surface area contributed by atoms with E-state index in [1.54, 1.807) is 0 Å². The van der Waals surface area contributed by atoms with Gasteiger partial charge < -0.3 is 0 Å². The zero-order valence-electron chi connectivity index (χ0n) is 2.27. The molecule has 4 heavy (non-hydrogen) atoms. The summed E-state index contributed by atoms with van der Waals surface area (Å²) in [4.78, 5) is 0. The van der Waals surface area contributed by atoms with Crippen molar-refractivity contribution in [1.29, 1.82) is 0 Å². The average molecular weight is 98.1 g/mol. The van der Waals surface area contributed by atoms with Crippen molar-refractivity contribution >= 4 is 22.0 Å². The first-order valence-electron chi connectivity index (χ1n) is 0.471. The fourth-order valence-corrected chi connectivity index (χ4v) is 0. The van der Waals surface area contributed by atoms with Gasteiger partial charge in [-0.2, -0.15) is 9.90 Å². The van der Waals surface area contributed by atoms with Crippen LogP contribution in [0.2, 0.25) is 0 Å². The van der Waals surface area contributed by atoms with Gasteiger partial charge in [0, 0.05) is 0 Å². The van der Waals surface area contributed by atoms with E-state index in [0.717, 1.165) is 12.1 Å². The summed E-state index contributed by atoms with van der Waals surface area (Å²) >= 11 is 0.750. The van der Waals surface area contributed by atoms with Gasteiger partial charge in [-0.15, -0.1) is 0 Å². The molecule has 0 aromatic rings. The maximum atomic E-state index is 4.54. The van der Waals surface area contributed by atoms with Crippen molar-refractivity contribution in [3.8, 4) is 0 Å². The fraction of sp³-hybridized carbons (Fsp3) is 0. The van der Waals surface area contributed by atoms with Crippen LogP contribution in [0.4, 0.5) is 0 Å². The molecule has 0 aromatic carbocycles. The Balaban J connectivity index is 0. The molecule has 0 aliphatic heterocycles. The molecular formula is H7N2PS. The Bertz CT molecular complexity index is 6.00. The standard InChI is InChI=1S/H4N2S.H3P/c1-3-2;/h1-2H2;1H3. The van der Waals surface area contributed by atoms with Crippen LogP contribution in [0.25, 0.3) is 0 Å². The minimum Gasteiger partial charge on any atom is -0.265 e. The fourth-order valence-electron chi connectivity index (χ4n) is 0. The lowest BCUT2D eigenvalue weighted by Gasteiger charge is -1.55. The molecule has 0 heterocycles. The third kappa shape index (κ3) is 15.9. The minimum absolute atomic E-state index is 0. The smallest absolute Gasteiger partial charge is 0.00297 e. The molecular weight excluding hydrogens is 91.1 g/mol. The number of rotatable bonds is 0. The molecule has 0 aliphatic carbocycles. The molecule has 0 radical (unpaired) electrons. The lowest BCUT2D eigenvalue weighted by Crippen LogP contribution is -1.83. The van der Waals surface area contributed by atoms with Gasteiger partial charge in [0.05, 0.1) is 0 Å². The second-order valence-electron chi connectivity index (χ2n) is 0.136. The first kappa shape index (κ1) is 8.83. The largest absolute Gasteiger partial charge is 0.265 e. The Hall–Kier alpha value is 0.700. The van der Waals surface area contributed by atoms with Crippen LogP contribution in [-0.2, 0) is 0 Å². The predicted molar refractivity (Wildman–Crippen MR) is 27.1 cm³/mol. The van der Waals surface area contributed by atoms with Crippen LogP contribution in [0.1, 0.15) is 0 Å². The van der Waals surface area contributed by atoms with Gasteiger partial charge in [0.1, 0.15) is 0 Å². The Morgan fingerprint density at radius 1 is 1.25 bits per heavy atom. The quantitative estimate of drug-likeness (QED) is 0.318. The van der Waals surface area contributed by atoms with Gasteiger partial charge in [0.25, 0.3) is 0 Å². The first-order valence-corrected chi connectivity index (χ1v) is 1.41. The third-order valence-electron chi connectivity index (χ3n) is 0. The Kier molecular flexibility index (Phi) is 20.6. The minimum atomic E-state index is 0. The van der Waals surface area contributed by atoms with Gasteiger partial charge >= 0.3 is 0 Å². The molecule has 0 bridgehead atoms. The summed E-state index contributed by atoms with van der Waals surface area (Å²) < 4.78 is 0. The van der Waals surface area contributed by atoms with E-state index in [2.05, 4.69) is 10.3 Å². The molecule has 1 atom stereocenters. The first-order chi connectivity index (χ1) is 1.41. The van der Waals surface area contributed by atoms with Crippen molar-refractivity contribution in [2.75, 3.05) is 0 Å². The van der Waals surface area contributed by atoms with Gasteiger partial charge in [0.2, 0.25) is 0 Å². The van der Waals surface area contributed by atoms with Crippen molar-refractivity contribution in [1.82, 2.24) is 0 Å². The van der Waals surface area contributed by atoms with Gasteiger partial charge in [-0.1, -0.05) is 0 Å². The molecule has 2 nitrogen and oxygen atoms in total. The van der Waals surface area contributed by atoms with Crippen LogP contribution >= 0.6 is 22.0 Å². The van der Waals surface area contributed by atoms with Crippen LogP contribution < -0.4 is 10.3 Å². The van der Waals surface area contributed by atoms with E-state index in [9.17, 15) is 0 Å². The van der Waals surface area contributed by atoms with E-state index in [-0.39, 0.29) is 9.90 Å². The highest BCUT2D eigenvalue weighted by molar-refractivity contribution is 7.94. The van der Waals surface area contributed by atoms with Gasteiger partial charge in [-0.25, -0.2) is 0 Å². The molecule has 1 unspecified atom stereocenters. The molecule has 0 rings (SSSR count). The van der Waals surface area contributed by atoms with Crippen molar-refractivity contribution in [2.45, 2.75) is 0 Å². The zero-order chi connectivity index (χ0) is 2.71. The number of nitrogens with two attached hydrogens (primary N) is 2. The molecule has 0 aromatic heterocycles. The van der Waals surface area contributed by atoms with Gasteiger partial charge in [0.15, 0.2) is 0 Å². The maximum absolute atomic E-state index is 4.54. The van der Waals surface area contributed by atoms with Crippen molar-refractivity contribution in [3.05, 3.63) is 0 Å². The van der Waals surface area contributed by atoms with Crippen LogP contribution in [0, 0.1) is 0 Å². The number of hydrogen-bond donors (Lipinski definition) is 2. The monoisotopic (exact) mass is 98.0 g/mol. The highest BCUT2D eigenvalue weighted by Crippen LogP contribution is 1.46. The second kappa shape index (κ2) is 9.33. The molecule has 0 saturated carbocycles. The Labute approximate surface area is 33.2 Å². The van der Waals surface area contributed by atoms with Crippen LogP contribution in [0.3, 0.4) is 0 Å². The molecule has 0 fully saturated rings. The van der Waals surface area contributed by atoms with E-state index in [4.69, 9.17) is 0 Å². The molecule has 0 spiro atoms. The Morgan fingerprint density at radius 2 is 1.25 bits per heavy atom. The highest BCUT2D eigenvalue weighted by atomic mass is 32.2. The van der Waals surface area contributed by atoms with E-state index in [0.29, 0.717) is 0 Å². The van der Waals surface area contributed by atoms with Crippen molar-refractivity contribution < 1.29 is 0 Å². The molecule has 28 valence electrons. The van der Waals surface area contributed by atoms with Crippen molar-refractivity contribution in [2.24, 2.45) is 10.3 Å². The Morgan fingerprint density at radius 3 is 1.25 bits per heavy atom. The summed E-state index contributed by atoms with van der Waals surface area (Å²) in [6, 6.07) is 0. The van der Waals surface area contributed by atoms with E-state index < -0.39 is 0 Å². The number of hydrogen-bond acceptors (Lipinski definition) is 3.